The fourth-order valence-electron chi connectivity index (χ4n) is 5.72. The number of rotatable bonds is 7. The van der Waals surface area contributed by atoms with Gasteiger partial charge in [0.05, 0.1) is 41.4 Å². The van der Waals surface area contributed by atoms with Crippen molar-refractivity contribution in [2.45, 2.75) is 53.8 Å². The monoisotopic (exact) mass is 551 g/mol. The number of halogens is 1. The normalized spacial score (nSPS) is 32.8. The van der Waals surface area contributed by atoms with Crippen LogP contribution in [-0.2, 0) is 25.8 Å². The fourth-order valence-corrected chi connectivity index (χ4v) is 9.31. The number of hydrogen-bond donors (Lipinski definition) is 2. The molecule has 12 heteroatoms. The minimum Gasteiger partial charge on any atom is -0.466 e. The Balaban J connectivity index is 1.47. The lowest BCUT2D eigenvalue weighted by Gasteiger charge is -2.36. The van der Waals surface area contributed by atoms with Crippen LogP contribution in [0.3, 0.4) is 0 Å². The molecule has 2 N–H and O–H groups in total. The number of thioether (sulfide) groups is 1. The van der Waals surface area contributed by atoms with E-state index in [1.807, 2.05) is 24.3 Å². The molecule has 2 amide bonds. The Morgan fingerprint density at radius 1 is 1.41 bits per heavy atom. The highest BCUT2D eigenvalue weighted by Crippen LogP contribution is 2.68. The Morgan fingerprint density at radius 3 is 2.91 bits per heavy atom. The van der Waals surface area contributed by atoms with Crippen molar-refractivity contribution in [1.82, 2.24) is 25.2 Å². The van der Waals surface area contributed by atoms with Gasteiger partial charge in [-0.05, 0) is 32.4 Å². The Hall–Kier alpha value is -2.18. The zero-order valence-corrected chi connectivity index (χ0v) is 21.2. The SMILES string of the molecule is CCOC(=O)[C@H]1[C@H]2C(=O)N([C@H](C)CO)C(C(=O)NCn3nnc4ccccc43)C23CC(Br)[C@@H]1S3. The number of aliphatic hydroxyl groups excluding tert-OH is 1. The second-order valence-corrected chi connectivity index (χ2v) is 11.7. The van der Waals surface area contributed by atoms with E-state index in [0.717, 1.165) is 5.52 Å². The third-order valence-electron chi connectivity index (χ3n) is 7.10. The van der Waals surface area contributed by atoms with Crippen molar-refractivity contribution in [3.05, 3.63) is 24.3 Å². The van der Waals surface area contributed by atoms with Crippen LogP contribution < -0.4 is 5.32 Å². The highest BCUT2D eigenvalue weighted by Gasteiger charge is 2.76. The van der Waals surface area contributed by atoms with Gasteiger partial charge in [-0.1, -0.05) is 33.3 Å². The molecule has 0 saturated carbocycles. The molecule has 7 atom stereocenters. The number of benzene rings is 1. The van der Waals surface area contributed by atoms with E-state index < -0.39 is 34.6 Å². The smallest absolute Gasteiger partial charge is 0.310 e. The molecule has 0 aliphatic carbocycles. The quantitative estimate of drug-likeness (QED) is 0.384. The van der Waals surface area contributed by atoms with Crippen LogP contribution in [0.4, 0.5) is 0 Å². The van der Waals surface area contributed by atoms with E-state index in [9.17, 15) is 19.5 Å². The number of alkyl halides is 1. The van der Waals surface area contributed by atoms with Gasteiger partial charge in [0.25, 0.3) is 0 Å². The first-order valence-corrected chi connectivity index (χ1v) is 13.1. The topological polar surface area (TPSA) is 127 Å². The van der Waals surface area contributed by atoms with E-state index in [1.54, 1.807) is 18.5 Å². The Kier molecular flexibility index (Phi) is 6.09. The maximum atomic E-state index is 13.7. The van der Waals surface area contributed by atoms with Crippen molar-refractivity contribution in [3.63, 3.8) is 0 Å². The van der Waals surface area contributed by atoms with Gasteiger partial charge in [0, 0.05) is 10.1 Å². The van der Waals surface area contributed by atoms with Crippen molar-refractivity contribution < 1.29 is 24.2 Å². The molecule has 10 nitrogen and oxygen atoms in total. The summed E-state index contributed by atoms with van der Waals surface area (Å²) >= 11 is 5.22. The Labute approximate surface area is 208 Å². The second kappa shape index (κ2) is 8.80. The highest BCUT2D eigenvalue weighted by molar-refractivity contribution is 9.09. The number of nitrogens with one attached hydrogen (secondary N) is 1. The Bertz CT molecular complexity index is 1150. The standard InChI is InChI=1S/C22H26BrN5O5S/c1-3-33-21(32)15-16-20(31)28(11(2)9-29)18(22(16)8-12(23)17(15)34-22)19(30)24-10-27-14-7-5-4-6-13(14)25-26-27/h4-7,11-12,15-18,29H,3,8-10H2,1-2H3,(H,24,30)/t11-,12?,15+,16+,17+,18?,22?/m1/s1. The molecule has 3 fully saturated rings. The third-order valence-corrected chi connectivity index (χ3v) is 10.3. The summed E-state index contributed by atoms with van der Waals surface area (Å²) < 4.78 is 6.13. The molecule has 5 rings (SSSR count). The van der Waals surface area contributed by atoms with Crippen LogP contribution in [0.2, 0.25) is 0 Å². The summed E-state index contributed by atoms with van der Waals surface area (Å²) in [5.41, 5.74) is 1.49. The van der Waals surface area contributed by atoms with Gasteiger partial charge in [0.1, 0.15) is 18.2 Å². The summed E-state index contributed by atoms with van der Waals surface area (Å²) in [5.74, 6) is -2.34. The molecular formula is C22H26BrN5O5S. The Morgan fingerprint density at radius 2 is 2.18 bits per heavy atom. The number of fused-ring (bicyclic) bond motifs is 2. The van der Waals surface area contributed by atoms with Gasteiger partial charge in [0.15, 0.2) is 0 Å². The first-order valence-electron chi connectivity index (χ1n) is 11.3. The lowest BCUT2D eigenvalue weighted by Crippen LogP contribution is -2.56. The maximum absolute atomic E-state index is 13.7. The van der Waals surface area contributed by atoms with Gasteiger partial charge in [0.2, 0.25) is 11.8 Å². The van der Waals surface area contributed by atoms with Crippen LogP contribution >= 0.6 is 27.7 Å². The number of carbonyl (C=O) groups is 3. The van der Waals surface area contributed by atoms with Crippen molar-refractivity contribution in [2.24, 2.45) is 11.8 Å². The molecule has 4 heterocycles. The van der Waals surface area contributed by atoms with E-state index in [2.05, 4.69) is 31.6 Å². The van der Waals surface area contributed by atoms with Crippen molar-refractivity contribution in [3.8, 4) is 0 Å². The first-order chi connectivity index (χ1) is 16.3. The molecule has 3 aliphatic heterocycles. The van der Waals surface area contributed by atoms with E-state index in [-0.39, 0.29) is 41.8 Å². The minimum absolute atomic E-state index is 0.0325. The van der Waals surface area contributed by atoms with E-state index in [4.69, 9.17) is 4.74 Å². The number of para-hydroxylation sites is 1. The van der Waals surface area contributed by atoms with Crippen molar-refractivity contribution in [2.75, 3.05) is 13.2 Å². The number of esters is 1. The molecule has 1 aromatic carbocycles. The summed E-state index contributed by atoms with van der Waals surface area (Å²) in [7, 11) is 0. The molecular weight excluding hydrogens is 526 g/mol. The van der Waals surface area contributed by atoms with E-state index in [1.165, 1.54) is 16.7 Å². The number of aliphatic hydroxyl groups is 1. The van der Waals surface area contributed by atoms with Crippen molar-refractivity contribution in [1.29, 1.82) is 0 Å². The van der Waals surface area contributed by atoms with Crippen LogP contribution in [0, 0.1) is 11.8 Å². The molecule has 0 radical (unpaired) electrons. The molecule has 3 aliphatic rings. The van der Waals surface area contributed by atoms with Gasteiger partial charge in [-0.2, -0.15) is 0 Å². The molecule has 1 spiro atoms. The molecule has 34 heavy (non-hydrogen) atoms. The molecule has 2 aromatic rings. The molecule has 3 saturated heterocycles. The summed E-state index contributed by atoms with van der Waals surface area (Å²) in [4.78, 5) is 41.7. The summed E-state index contributed by atoms with van der Waals surface area (Å²) in [5, 5.41) is 20.9. The first kappa shape index (κ1) is 23.6. The average Bonchev–Trinajstić information content (AvgIpc) is 3.54. The number of nitrogens with zero attached hydrogens (tertiary/aromatic N) is 4. The number of likely N-dealkylation sites (tertiary alicyclic amines) is 1. The minimum atomic E-state index is -0.837. The summed E-state index contributed by atoms with van der Waals surface area (Å²) in [6.45, 7) is 3.46. The van der Waals surface area contributed by atoms with Crippen LogP contribution in [-0.4, -0.2) is 82.9 Å². The van der Waals surface area contributed by atoms with Crippen LogP contribution in [0.25, 0.3) is 11.0 Å². The largest absolute Gasteiger partial charge is 0.466 e. The molecule has 2 bridgehead atoms. The van der Waals surface area contributed by atoms with Crippen LogP contribution in [0.1, 0.15) is 20.3 Å². The van der Waals surface area contributed by atoms with Crippen LogP contribution in [0.15, 0.2) is 24.3 Å². The number of hydrogen-bond acceptors (Lipinski definition) is 8. The highest BCUT2D eigenvalue weighted by atomic mass is 79.9. The number of amides is 2. The van der Waals surface area contributed by atoms with Gasteiger partial charge in [-0.15, -0.1) is 16.9 Å². The van der Waals surface area contributed by atoms with Crippen LogP contribution in [0.5, 0.6) is 0 Å². The third kappa shape index (κ3) is 3.36. The van der Waals surface area contributed by atoms with Gasteiger partial charge < -0.3 is 20.1 Å². The zero-order chi connectivity index (χ0) is 24.2. The molecule has 182 valence electrons. The second-order valence-electron chi connectivity index (χ2n) is 8.97. The number of carbonyl (C=O) groups excluding carboxylic acids is 3. The van der Waals surface area contributed by atoms with E-state index >= 15 is 0 Å². The molecule has 1 aromatic heterocycles. The number of ether oxygens (including phenoxy) is 1. The van der Waals surface area contributed by atoms with Gasteiger partial charge in [-0.3, -0.25) is 14.4 Å². The van der Waals surface area contributed by atoms with Gasteiger partial charge >= 0.3 is 5.97 Å². The zero-order valence-electron chi connectivity index (χ0n) is 18.8. The average molecular weight is 552 g/mol. The lowest BCUT2D eigenvalue weighted by atomic mass is 9.71. The summed E-state index contributed by atoms with van der Waals surface area (Å²) in [6.07, 6.45) is 0.563. The predicted octanol–water partition coefficient (Wildman–Crippen LogP) is 0.914. The predicted molar refractivity (Wildman–Crippen MR) is 128 cm³/mol. The number of aromatic nitrogens is 3. The van der Waals surface area contributed by atoms with E-state index in [0.29, 0.717) is 11.9 Å². The maximum Gasteiger partial charge on any atom is 0.310 e. The lowest BCUT2D eigenvalue weighted by molar-refractivity contribution is -0.154. The van der Waals surface area contributed by atoms with Crippen molar-refractivity contribution >= 4 is 56.5 Å². The fraction of sp³-hybridized carbons (Fsp3) is 0.591. The van der Waals surface area contributed by atoms with Gasteiger partial charge in [-0.25, -0.2) is 4.68 Å². The molecule has 3 unspecified atom stereocenters. The summed E-state index contributed by atoms with van der Waals surface area (Å²) in [6, 6.07) is 6.02.